The summed E-state index contributed by atoms with van der Waals surface area (Å²) in [7, 11) is 0. The first-order valence-corrected chi connectivity index (χ1v) is 9.85. The third kappa shape index (κ3) is 5.58. The van der Waals surface area contributed by atoms with Crippen LogP contribution in [0.25, 0.3) is 0 Å². The smallest absolute Gasteiger partial charge is 0.271 e. The molecular weight excluding hydrogens is 442 g/mol. The molecule has 1 heterocycles. The number of hydrogen-bond donors (Lipinski definition) is 2. The van der Waals surface area contributed by atoms with Gasteiger partial charge in [-0.15, -0.1) is 0 Å². The van der Waals surface area contributed by atoms with Gasteiger partial charge in [0.1, 0.15) is 5.76 Å². The molecule has 0 saturated carbocycles. The molecule has 0 aliphatic heterocycles. The Kier molecular flexibility index (Phi) is 6.67. The maximum absolute atomic E-state index is 12.1. The lowest BCUT2D eigenvalue weighted by Gasteiger charge is -2.03. The van der Waals surface area contributed by atoms with E-state index in [0.717, 1.165) is 9.37 Å². The highest BCUT2D eigenvalue weighted by atomic mass is 79.9. The van der Waals surface area contributed by atoms with Crippen molar-refractivity contribution in [3.8, 4) is 0 Å². The average molecular weight is 458 g/mol. The Morgan fingerprint density at radius 3 is 2.50 bits per heavy atom. The summed E-state index contributed by atoms with van der Waals surface area (Å²) in [5, 5.41) is 7.27. The Morgan fingerprint density at radius 1 is 1.11 bits per heavy atom. The molecule has 6 nitrogen and oxygen atoms in total. The molecule has 0 bridgehead atoms. The predicted molar refractivity (Wildman–Crippen MR) is 113 cm³/mol. The van der Waals surface area contributed by atoms with E-state index < -0.39 is 0 Å². The van der Waals surface area contributed by atoms with Crippen LogP contribution in [0.1, 0.15) is 23.0 Å². The van der Waals surface area contributed by atoms with E-state index in [0.29, 0.717) is 22.1 Å². The van der Waals surface area contributed by atoms with Crippen molar-refractivity contribution in [3.05, 3.63) is 76.5 Å². The molecule has 0 radical (unpaired) electrons. The Hall–Kier alpha value is -2.84. The van der Waals surface area contributed by atoms with Crippen LogP contribution in [0.4, 0.5) is 5.69 Å². The van der Waals surface area contributed by atoms with Crippen LogP contribution in [0.5, 0.6) is 0 Å². The number of hydrogen-bond acceptors (Lipinski definition) is 5. The molecule has 2 amide bonds. The summed E-state index contributed by atoms with van der Waals surface area (Å²) < 4.78 is 6.54. The maximum atomic E-state index is 12.1. The second-order valence-corrected chi connectivity index (χ2v) is 7.56. The van der Waals surface area contributed by atoms with E-state index in [1.165, 1.54) is 24.9 Å². The molecule has 3 rings (SSSR count). The number of carbonyl (C=O) groups is 2. The fraction of sp³-hybridized carbons (Fsp3) is 0.0500. The monoisotopic (exact) mass is 457 g/mol. The highest BCUT2D eigenvalue weighted by Crippen LogP contribution is 2.35. The van der Waals surface area contributed by atoms with Crippen LogP contribution in [-0.2, 0) is 4.79 Å². The number of nitrogens with zero attached hydrogens (tertiary/aromatic N) is 1. The molecule has 2 aromatic carbocycles. The average Bonchev–Trinajstić information content (AvgIpc) is 3.02. The zero-order valence-corrected chi connectivity index (χ0v) is 17.2. The van der Waals surface area contributed by atoms with Gasteiger partial charge in [0, 0.05) is 29.1 Å². The SMILES string of the molecule is CC(=O)Nc1ccc(C(=O)N/N=C\c2cc(Br)c(Sc3ccccc3)o2)cc1. The van der Waals surface area contributed by atoms with Crippen molar-refractivity contribution >= 4 is 51.4 Å². The van der Waals surface area contributed by atoms with Crippen molar-refractivity contribution in [1.29, 1.82) is 0 Å². The number of hydrazone groups is 1. The molecule has 3 aromatic rings. The number of nitrogens with one attached hydrogen (secondary N) is 2. The number of anilines is 1. The maximum Gasteiger partial charge on any atom is 0.271 e. The van der Waals surface area contributed by atoms with Crippen LogP contribution in [0, 0.1) is 0 Å². The summed E-state index contributed by atoms with van der Waals surface area (Å²) in [5.74, 6) is -0.0297. The molecule has 0 fully saturated rings. The van der Waals surface area contributed by atoms with Crippen LogP contribution in [-0.4, -0.2) is 18.0 Å². The van der Waals surface area contributed by atoms with Gasteiger partial charge >= 0.3 is 0 Å². The lowest BCUT2D eigenvalue weighted by molar-refractivity contribution is -0.114. The molecule has 1 aromatic heterocycles. The molecule has 0 atom stereocenters. The summed E-state index contributed by atoms with van der Waals surface area (Å²) >= 11 is 4.95. The van der Waals surface area contributed by atoms with Gasteiger partial charge in [-0.05, 0) is 52.3 Å². The van der Waals surface area contributed by atoms with Gasteiger partial charge in [0.25, 0.3) is 5.91 Å². The number of halogens is 1. The van der Waals surface area contributed by atoms with Gasteiger partial charge in [-0.1, -0.05) is 30.0 Å². The Morgan fingerprint density at radius 2 is 1.82 bits per heavy atom. The summed E-state index contributed by atoms with van der Waals surface area (Å²) in [6, 6.07) is 18.1. The van der Waals surface area contributed by atoms with Gasteiger partial charge in [0.15, 0.2) is 5.09 Å². The number of carbonyl (C=O) groups excluding carboxylic acids is 2. The molecule has 0 spiro atoms. The minimum absolute atomic E-state index is 0.170. The molecule has 2 N–H and O–H groups in total. The zero-order chi connectivity index (χ0) is 19.9. The minimum atomic E-state index is -0.366. The van der Waals surface area contributed by atoms with Gasteiger partial charge in [-0.25, -0.2) is 5.43 Å². The number of rotatable bonds is 6. The van der Waals surface area contributed by atoms with Gasteiger partial charge in [-0.2, -0.15) is 5.10 Å². The fourth-order valence-electron chi connectivity index (χ4n) is 2.23. The minimum Gasteiger partial charge on any atom is -0.447 e. The molecule has 0 saturated heterocycles. The lowest BCUT2D eigenvalue weighted by atomic mass is 10.2. The summed E-state index contributed by atoms with van der Waals surface area (Å²) in [5.41, 5.74) is 3.49. The van der Waals surface area contributed by atoms with Crippen molar-refractivity contribution in [1.82, 2.24) is 5.43 Å². The van der Waals surface area contributed by atoms with E-state index in [9.17, 15) is 9.59 Å². The first kappa shape index (κ1) is 19.9. The lowest BCUT2D eigenvalue weighted by Crippen LogP contribution is -2.17. The van der Waals surface area contributed by atoms with Crippen molar-refractivity contribution in [2.45, 2.75) is 16.9 Å². The van der Waals surface area contributed by atoms with E-state index in [1.54, 1.807) is 30.3 Å². The van der Waals surface area contributed by atoms with E-state index in [1.807, 2.05) is 30.3 Å². The summed E-state index contributed by atoms with van der Waals surface area (Å²) in [4.78, 5) is 24.2. The Balaban J connectivity index is 1.59. The van der Waals surface area contributed by atoms with Crippen LogP contribution in [0.3, 0.4) is 0 Å². The number of benzene rings is 2. The predicted octanol–water partition coefficient (Wildman–Crippen LogP) is 4.92. The molecule has 28 heavy (non-hydrogen) atoms. The molecular formula is C20H16BrN3O3S. The first-order chi connectivity index (χ1) is 13.5. The van der Waals surface area contributed by atoms with E-state index >= 15 is 0 Å². The second kappa shape index (κ2) is 9.38. The quantitative estimate of drug-likeness (QED) is 0.406. The van der Waals surface area contributed by atoms with Crippen molar-refractivity contribution < 1.29 is 14.0 Å². The molecule has 0 unspecified atom stereocenters. The third-order valence-electron chi connectivity index (χ3n) is 3.45. The summed E-state index contributed by atoms with van der Waals surface area (Å²) in [6.45, 7) is 1.42. The fourth-order valence-corrected chi connectivity index (χ4v) is 3.58. The van der Waals surface area contributed by atoms with Gasteiger partial charge in [-0.3, -0.25) is 9.59 Å². The van der Waals surface area contributed by atoms with Crippen molar-refractivity contribution in [2.75, 3.05) is 5.32 Å². The zero-order valence-electron chi connectivity index (χ0n) is 14.8. The van der Waals surface area contributed by atoms with Gasteiger partial charge in [0.2, 0.25) is 5.91 Å². The highest BCUT2D eigenvalue weighted by molar-refractivity contribution is 9.10. The molecule has 8 heteroatoms. The number of furan rings is 1. The van der Waals surface area contributed by atoms with E-state index in [2.05, 4.69) is 31.8 Å². The van der Waals surface area contributed by atoms with Crippen LogP contribution in [0.2, 0.25) is 0 Å². The first-order valence-electron chi connectivity index (χ1n) is 8.24. The van der Waals surface area contributed by atoms with Crippen molar-refractivity contribution in [3.63, 3.8) is 0 Å². The van der Waals surface area contributed by atoms with Crippen LogP contribution in [0.15, 0.2) is 84.6 Å². The second-order valence-electron chi connectivity index (χ2n) is 5.66. The number of amides is 2. The normalized spacial score (nSPS) is 10.8. The van der Waals surface area contributed by atoms with Crippen LogP contribution >= 0.6 is 27.7 Å². The Labute approximate surface area is 174 Å². The Bertz CT molecular complexity index is 1000. The molecule has 0 aliphatic carbocycles. The van der Waals surface area contributed by atoms with Gasteiger partial charge < -0.3 is 9.73 Å². The molecule has 142 valence electrons. The topological polar surface area (TPSA) is 83.7 Å². The van der Waals surface area contributed by atoms with Gasteiger partial charge in [0.05, 0.1) is 10.7 Å². The summed E-state index contributed by atoms with van der Waals surface area (Å²) in [6.07, 6.45) is 1.43. The largest absolute Gasteiger partial charge is 0.447 e. The third-order valence-corrected chi connectivity index (χ3v) is 5.30. The van der Waals surface area contributed by atoms with E-state index in [-0.39, 0.29) is 11.8 Å². The van der Waals surface area contributed by atoms with Crippen molar-refractivity contribution in [2.24, 2.45) is 5.10 Å². The van der Waals surface area contributed by atoms with Crippen LogP contribution < -0.4 is 10.7 Å². The van der Waals surface area contributed by atoms with E-state index in [4.69, 9.17) is 4.42 Å². The highest BCUT2D eigenvalue weighted by Gasteiger charge is 2.10. The molecule has 0 aliphatic rings. The standard InChI is InChI=1S/C20H16BrN3O3S/c1-13(25)23-15-9-7-14(8-10-15)19(26)24-22-12-16-11-18(21)20(27-16)28-17-5-3-2-4-6-17/h2-12H,1H3,(H,23,25)(H,24,26)/b22-12-.